The van der Waals surface area contributed by atoms with Crippen molar-refractivity contribution in [2.75, 3.05) is 6.54 Å². The van der Waals surface area contributed by atoms with Crippen LogP contribution in [0.2, 0.25) is 0 Å². The molecule has 1 aliphatic rings. The van der Waals surface area contributed by atoms with E-state index in [4.69, 9.17) is 0 Å². The number of hydrogen-bond acceptors (Lipinski definition) is 1. The molecule has 0 spiro atoms. The minimum absolute atomic E-state index is 0.601. The summed E-state index contributed by atoms with van der Waals surface area (Å²) in [5, 5.41) is 3.29. The molecule has 62 valence electrons. The number of aryl methyl sites for hydroxylation is 1. The summed E-state index contributed by atoms with van der Waals surface area (Å²) in [5.41, 5.74) is 3.94. The zero-order valence-corrected chi connectivity index (χ0v) is 7.30. The molecule has 0 aromatic heterocycles. The van der Waals surface area contributed by atoms with Crippen molar-refractivity contribution in [3.05, 3.63) is 41.5 Å². The van der Waals surface area contributed by atoms with Gasteiger partial charge in [-0.05, 0) is 29.7 Å². The molecule has 1 aliphatic heterocycles. The van der Waals surface area contributed by atoms with Gasteiger partial charge >= 0.3 is 0 Å². The lowest BCUT2D eigenvalue weighted by Gasteiger charge is -2.02. The quantitative estimate of drug-likeness (QED) is 0.657. The molecule has 1 unspecified atom stereocenters. The van der Waals surface area contributed by atoms with Gasteiger partial charge in [0.2, 0.25) is 0 Å². The van der Waals surface area contributed by atoms with Gasteiger partial charge in [-0.25, -0.2) is 0 Å². The van der Waals surface area contributed by atoms with Crippen molar-refractivity contribution in [2.24, 2.45) is 0 Å². The van der Waals surface area contributed by atoms with E-state index < -0.39 is 0 Å². The topological polar surface area (TPSA) is 21.9 Å². The summed E-state index contributed by atoms with van der Waals surface area (Å²) in [7, 11) is 0. The predicted octanol–water partition coefficient (Wildman–Crippen LogP) is 2.28. The van der Waals surface area contributed by atoms with Crippen LogP contribution in [0.15, 0.2) is 24.8 Å². The van der Waals surface area contributed by atoms with Crippen LogP contribution in [-0.4, -0.2) is 6.54 Å². The lowest BCUT2D eigenvalue weighted by molar-refractivity contribution is 1.07. The monoisotopic (exact) mass is 159 g/mol. The molecule has 0 aliphatic carbocycles. The molecule has 1 aromatic rings. The van der Waals surface area contributed by atoms with Gasteiger partial charge in [-0.15, -0.1) is 0 Å². The highest BCUT2D eigenvalue weighted by Crippen LogP contribution is 2.23. The standard InChI is InChI=1S/C11H13N/c1-3-9-6-10(11-7-12-11)5-4-8(9)2/h3-6,11-12H,1,7H2,2H3. The second kappa shape index (κ2) is 2.76. The predicted molar refractivity (Wildman–Crippen MR) is 52.0 cm³/mol. The number of nitrogens with one attached hydrogen (secondary N) is 1. The number of benzene rings is 1. The van der Waals surface area contributed by atoms with Gasteiger partial charge in [0.15, 0.2) is 0 Å². The SMILES string of the molecule is C=Cc1cc(C2CN2)ccc1C. The first kappa shape index (κ1) is 7.56. The van der Waals surface area contributed by atoms with Gasteiger partial charge in [-0.2, -0.15) is 0 Å². The van der Waals surface area contributed by atoms with Crippen molar-refractivity contribution in [2.45, 2.75) is 13.0 Å². The Morgan fingerprint density at radius 1 is 1.58 bits per heavy atom. The maximum absolute atomic E-state index is 3.79. The molecule has 2 rings (SSSR count). The lowest BCUT2D eigenvalue weighted by atomic mass is 10.0. The van der Waals surface area contributed by atoms with Gasteiger partial charge in [-0.1, -0.05) is 24.8 Å². The minimum Gasteiger partial charge on any atom is -0.307 e. The molecule has 0 saturated carbocycles. The third kappa shape index (κ3) is 1.28. The van der Waals surface area contributed by atoms with E-state index in [0.29, 0.717) is 6.04 Å². The Labute approximate surface area is 73.1 Å². The first-order valence-electron chi connectivity index (χ1n) is 4.27. The molecule has 0 amide bonds. The summed E-state index contributed by atoms with van der Waals surface area (Å²) < 4.78 is 0. The van der Waals surface area contributed by atoms with Crippen molar-refractivity contribution >= 4 is 6.08 Å². The van der Waals surface area contributed by atoms with E-state index in [0.717, 1.165) is 6.54 Å². The molecular formula is C11H13N. The summed E-state index contributed by atoms with van der Waals surface area (Å²) in [5.74, 6) is 0. The summed E-state index contributed by atoms with van der Waals surface area (Å²) in [6.45, 7) is 7.03. The van der Waals surface area contributed by atoms with Crippen LogP contribution in [0.5, 0.6) is 0 Å². The molecule has 1 aromatic carbocycles. The maximum Gasteiger partial charge on any atom is 0.0447 e. The Kier molecular flexibility index (Phi) is 1.74. The highest BCUT2D eigenvalue weighted by molar-refractivity contribution is 5.53. The third-order valence-electron chi connectivity index (χ3n) is 2.33. The Balaban J connectivity index is 2.39. The van der Waals surface area contributed by atoms with Crippen molar-refractivity contribution in [3.8, 4) is 0 Å². The number of rotatable bonds is 2. The average Bonchev–Trinajstić information content (AvgIpc) is 2.88. The first-order chi connectivity index (χ1) is 5.81. The molecule has 1 saturated heterocycles. The van der Waals surface area contributed by atoms with Crippen molar-refractivity contribution < 1.29 is 0 Å². The summed E-state index contributed by atoms with van der Waals surface area (Å²) in [6, 6.07) is 7.16. The van der Waals surface area contributed by atoms with Gasteiger partial charge in [0.25, 0.3) is 0 Å². The Morgan fingerprint density at radius 3 is 2.92 bits per heavy atom. The van der Waals surface area contributed by atoms with Crippen LogP contribution >= 0.6 is 0 Å². The fraction of sp³-hybridized carbons (Fsp3) is 0.273. The summed E-state index contributed by atoms with van der Waals surface area (Å²) in [6.07, 6.45) is 1.92. The molecule has 1 fully saturated rings. The third-order valence-corrected chi connectivity index (χ3v) is 2.33. The van der Waals surface area contributed by atoms with E-state index >= 15 is 0 Å². The van der Waals surface area contributed by atoms with E-state index in [1.165, 1.54) is 16.7 Å². The fourth-order valence-corrected chi connectivity index (χ4v) is 1.39. The Hall–Kier alpha value is -1.08. The van der Waals surface area contributed by atoms with E-state index in [1.807, 2.05) is 6.08 Å². The van der Waals surface area contributed by atoms with Crippen LogP contribution < -0.4 is 5.32 Å². The van der Waals surface area contributed by atoms with Crippen LogP contribution in [-0.2, 0) is 0 Å². The molecule has 1 nitrogen and oxygen atoms in total. The first-order valence-corrected chi connectivity index (χ1v) is 4.27. The minimum atomic E-state index is 0.601. The summed E-state index contributed by atoms with van der Waals surface area (Å²) in [4.78, 5) is 0. The van der Waals surface area contributed by atoms with Crippen LogP contribution in [0.25, 0.3) is 6.08 Å². The number of hydrogen-bond donors (Lipinski definition) is 1. The van der Waals surface area contributed by atoms with Crippen LogP contribution in [0.4, 0.5) is 0 Å². The van der Waals surface area contributed by atoms with Gasteiger partial charge < -0.3 is 5.32 Å². The molecule has 0 radical (unpaired) electrons. The molecule has 1 atom stereocenters. The van der Waals surface area contributed by atoms with Crippen LogP contribution in [0, 0.1) is 6.92 Å². The fourth-order valence-electron chi connectivity index (χ4n) is 1.39. The molecule has 0 bridgehead atoms. The molecule has 1 heterocycles. The van der Waals surface area contributed by atoms with Gasteiger partial charge in [-0.3, -0.25) is 0 Å². The smallest absolute Gasteiger partial charge is 0.0447 e. The largest absolute Gasteiger partial charge is 0.307 e. The van der Waals surface area contributed by atoms with Gasteiger partial charge in [0.1, 0.15) is 0 Å². The van der Waals surface area contributed by atoms with E-state index in [1.54, 1.807) is 0 Å². The van der Waals surface area contributed by atoms with Gasteiger partial charge in [0, 0.05) is 12.6 Å². The zero-order chi connectivity index (χ0) is 8.55. The zero-order valence-electron chi connectivity index (χ0n) is 7.30. The molecular weight excluding hydrogens is 146 g/mol. The molecule has 1 N–H and O–H groups in total. The second-order valence-electron chi connectivity index (χ2n) is 3.28. The Bertz CT molecular complexity index is 311. The summed E-state index contributed by atoms with van der Waals surface area (Å²) >= 11 is 0. The second-order valence-corrected chi connectivity index (χ2v) is 3.28. The highest BCUT2D eigenvalue weighted by atomic mass is 15.1. The van der Waals surface area contributed by atoms with E-state index in [2.05, 4.69) is 37.0 Å². The lowest BCUT2D eigenvalue weighted by Crippen LogP contribution is -1.87. The van der Waals surface area contributed by atoms with E-state index in [9.17, 15) is 0 Å². The van der Waals surface area contributed by atoms with Crippen LogP contribution in [0.3, 0.4) is 0 Å². The van der Waals surface area contributed by atoms with Crippen LogP contribution in [0.1, 0.15) is 22.7 Å². The van der Waals surface area contributed by atoms with Crippen molar-refractivity contribution in [3.63, 3.8) is 0 Å². The van der Waals surface area contributed by atoms with Crippen molar-refractivity contribution in [1.82, 2.24) is 5.32 Å². The Morgan fingerprint density at radius 2 is 2.33 bits per heavy atom. The molecule has 1 heteroatoms. The maximum atomic E-state index is 3.79. The van der Waals surface area contributed by atoms with Gasteiger partial charge in [0.05, 0.1) is 0 Å². The molecule has 12 heavy (non-hydrogen) atoms. The van der Waals surface area contributed by atoms with E-state index in [-0.39, 0.29) is 0 Å². The normalized spacial score (nSPS) is 20.6. The van der Waals surface area contributed by atoms with Crippen molar-refractivity contribution in [1.29, 1.82) is 0 Å². The average molecular weight is 159 g/mol. The highest BCUT2D eigenvalue weighted by Gasteiger charge is 2.21.